The van der Waals surface area contributed by atoms with Crippen molar-refractivity contribution < 1.29 is 4.79 Å². The predicted octanol–water partition coefficient (Wildman–Crippen LogP) is 7.07. The summed E-state index contributed by atoms with van der Waals surface area (Å²) in [6.07, 6.45) is 2.79. The molecule has 6 heteroatoms. The summed E-state index contributed by atoms with van der Waals surface area (Å²) < 4.78 is 3.38. The Bertz CT molecular complexity index is 1730. The minimum atomic E-state index is -0.0538. The molecule has 0 unspecified atom stereocenters. The molecule has 220 valence electrons. The molecule has 2 aromatic heterocycles. The van der Waals surface area contributed by atoms with Gasteiger partial charge in [-0.2, -0.15) is 5.10 Å². The molecule has 5 rings (SSSR count). The van der Waals surface area contributed by atoms with Gasteiger partial charge in [-0.05, 0) is 54.0 Å². The van der Waals surface area contributed by atoms with E-state index in [-0.39, 0.29) is 23.3 Å². The Morgan fingerprint density at radius 3 is 2.16 bits per heavy atom. The molecule has 0 atom stereocenters. The van der Waals surface area contributed by atoms with Gasteiger partial charge < -0.3 is 0 Å². The Balaban J connectivity index is 1.19. The van der Waals surface area contributed by atoms with Crippen LogP contribution in [0, 0.1) is 0 Å². The molecular weight excluding hydrogens is 532 g/mol. The van der Waals surface area contributed by atoms with Gasteiger partial charge in [-0.15, -0.1) is 0 Å². The number of nitrogens with zero attached hydrogens (tertiary/aromatic N) is 4. The van der Waals surface area contributed by atoms with E-state index in [1.54, 1.807) is 9.25 Å². The van der Waals surface area contributed by atoms with E-state index in [9.17, 15) is 9.59 Å². The lowest BCUT2D eigenvalue weighted by atomic mass is 9.87. The summed E-state index contributed by atoms with van der Waals surface area (Å²) >= 11 is 0. The zero-order chi connectivity index (χ0) is 30.4. The van der Waals surface area contributed by atoms with Crippen molar-refractivity contribution in [3.8, 4) is 11.3 Å². The molecular formula is C37H40N4O2. The second-order valence-electron chi connectivity index (χ2n) is 12.1. The first-order valence-electron chi connectivity index (χ1n) is 15.1. The fourth-order valence-electron chi connectivity index (χ4n) is 5.30. The average molecular weight is 573 g/mol. The van der Waals surface area contributed by atoms with Crippen LogP contribution in [0.15, 0.2) is 102 Å². The van der Waals surface area contributed by atoms with Gasteiger partial charge >= 0.3 is 5.69 Å². The van der Waals surface area contributed by atoms with Crippen molar-refractivity contribution in [1.29, 1.82) is 0 Å². The lowest BCUT2D eigenvalue weighted by molar-refractivity contribution is 0.0992. The van der Waals surface area contributed by atoms with E-state index in [1.165, 1.54) is 11.1 Å². The van der Waals surface area contributed by atoms with Crippen LogP contribution in [0.2, 0.25) is 0 Å². The molecule has 43 heavy (non-hydrogen) atoms. The number of hydrogen-bond donors (Lipinski definition) is 0. The van der Waals surface area contributed by atoms with Crippen molar-refractivity contribution in [2.45, 2.75) is 71.9 Å². The maximum Gasteiger partial charge on any atom is 0.346 e. The Kier molecular flexibility index (Phi) is 9.15. The number of pyridine rings is 1. The summed E-state index contributed by atoms with van der Waals surface area (Å²) in [7, 11) is 0. The second kappa shape index (κ2) is 13.2. The number of hydrogen-bond acceptors (Lipinski definition) is 4. The summed E-state index contributed by atoms with van der Waals surface area (Å²) in [6, 6.07) is 32.1. The summed E-state index contributed by atoms with van der Waals surface area (Å²) in [5.74, 6) is 0.898. The molecule has 0 aliphatic rings. The minimum Gasteiger partial charge on any atom is -0.294 e. The van der Waals surface area contributed by atoms with Crippen molar-refractivity contribution in [3.63, 3.8) is 0 Å². The van der Waals surface area contributed by atoms with Crippen molar-refractivity contribution in [1.82, 2.24) is 19.3 Å². The van der Waals surface area contributed by atoms with Gasteiger partial charge in [0.05, 0.1) is 18.7 Å². The molecule has 0 aliphatic heterocycles. The zero-order valence-corrected chi connectivity index (χ0v) is 25.6. The third kappa shape index (κ3) is 7.44. The van der Waals surface area contributed by atoms with Crippen LogP contribution in [0.5, 0.6) is 0 Å². The molecule has 6 nitrogen and oxygen atoms in total. The molecule has 0 radical (unpaired) electrons. The van der Waals surface area contributed by atoms with Gasteiger partial charge in [0.1, 0.15) is 5.82 Å². The molecule has 5 aromatic rings. The highest BCUT2D eigenvalue weighted by Gasteiger charge is 2.15. The molecule has 0 saturated carbocycles. The Hall–Kier alpha value is -4.58. The molecule has 0 amide bonds. The second-order valence-corrected chi connectivity index (χ2v) is 12.1. The number of carbonyl (C=O) groups is 1. The molecule has 0 spiro atoms. The van der Waals surface area contributed by atoms with Gasteiger partial charge in [0, 0.05) is 29.8 Å². The lowest BCUT2D eigenvalue weighted by Crippen LogP contribution is -2.25. The quantitative estimate of drug-likeness (QED) is 0.159. The highest BCUT2D eigenvalue weighted by molar-refractivity contribution is 5.97. The van der Waals surface area contributed by atoms with Crippen molar-refractivity contribution in [2.24, 2.45) is 0 Å². The first-order chi connectivity index (χ1) is 20.7. The van der Waals surface area contributed by atoms with Crippen LogP contribution in [0.3, 0.4) is 0 Å². The smallest absolute Gasteiger partial charge is 0.294 e. The Morgan fingerprint density at radius 2 is 1.49 bits per heavy atom. The number of aromatic nitrogens is 4. The largest absolute Gasteiger partial charge is 0.346 e. The highest BCUT2D eigenvalue weighted by atomic mass is 16.2. The van der Waals surface area contributed by atoms with Crippen LogP contribution in [-0.4, -0.2) is 25.1 Å². The summed E-state index contributed by atoms with van der Waals surface area (Å²) in [5, 5.41) is 4.71. The average Bonchev–Trinajstić information content (AvgIpc) is 3.31. The van der Waals surface area contributed by atoms with Crippen molar-refractivity contribution in [2.75, 3.05) is 0 Å². The van der Waals surface area contributed by atoms with E-state index < -0.39 is 0 Å². The van der Waals surface area contributed by atoms with Gasteiger partial charge in [-0.25, -0.2) is 9.48 Å². The van der Waals surface area contributed by atoms with E-state index in [0.717, 1.165) is 47.6 Å². The minimum absolute atomic E-state index is 0.0538. The predicted molar refractivity (Wildman–Crippen MR) is 173 cm³/mol. The summed E-state index contributed by atoms with van der Waals surface area (Å²) in [5.41, 5.74) is 6.96. The number of ketones is 1. The lowest BCUT2D eigenvalue weighted by Gasteiger charge is -2.19. The molecule has 0 saturated heterocycles. The summed E-state index contributed by atoms with van der Waals surface area (Å²) in [6.45, 7) is 9.67. The number of benzene rings is 3. The monoisotopic (exact) mass is 572 g/mol. The topological polar surface area (TPSA) is 69.8 Å². The van der Waals surface area contributed by atoms with E-state index in [0.29, 0.717) is 18.7 Å². The Labute approximate surface area is 254 Å². The number of rotatable bonds is 11. The Morgan fingerprint density at radius 1 is 0.791 bits per heavy atom. The molecule has 3 aromatic carbocycles. The van der Waals surface area contributed by atoms with Gasteiger partial charge in [0.15, 0.2) is 5.78 Å². The van der Waals surface area contributed by atoms with E-state index >= 15 is 0 Å². The van der Waals surface area contributed by atoms with Gasteiger partial charge in [0.2, 0.25) is 0 Å². The normalized spacial score (nSPS) is 11.5. The van der Waals surface area contributed by atoms with Gasteiger partial charge in [-0.1, -0.05) is 106 Å². The fraction of sp³-hybridized carbons (Fsp3) is 0.297. The molecule has 0 aliphatic carbocycles. The number of aryl methyl sites for hydroxylation is 2. The number of carbonyl (C=O) groups excluding carboxylic acids is 1. The van der Waals surface area contributed by atoms with E-state index in [1.807, 2.05) is 55.5 Å². The van der Waals surface area contributed by atoms with Crippen molar-refractivity contribution >= 4 is 5.78 Å². The zero-order valence-electron chi connectivity index (χ0n) is 25.6. The molecule has 0 bridgehead atoms. The molecule has 0 fully saturated rings. The van der Waals surface area contributed by atoms with E-state index in [4.69, 9.17) is 10.1 Å². The van der Waals surface area contributed by atoms with Crippen molar-refractivity contribution in [3.05, 3.63) is 141 Å². The molecule has 0 N–H and O–H groups in total. The van der Waals surface area contributed by atoms with Crippen LogP contribution < -0.4 is 5.69 Å². The van der Waals surface area contributed by atoms with E-state index in [2.05, 4.69) is 69.3 Å². The standard InChI is InChI=1S/C37H40N4O2/c1-5-40-35(39-41(36(40)43)26-28-19-23-31(24-20-28)37(2,3)4)16-9-11-27-17-21-29(22-18-27)33-15-10-14-32(38-33)25-34(42)30-12-7-6-8-13-30/h6-8,10,12-15,17-24H,5,9,11,16,25-26H2,1-4H3. The maximum absolute atomic E-state index is 13.1. The first-order valence-corrected chi connectivity index (χ1v) is 15.1. The third-order valence-electron chi connectivity index (χ3n) is 7.83. The van der Waals surface area contributed by atoms with Crippen LogP contribution >= 0.6 is 0 Å². The SMILES string of the molecule is CCn1c(CCCc2ccc(-c3cccc(CC(=O)c4ccccc4)n3)cc2)nn(Cc2ccc(C(C)(C)C)cc2)c1=O. The first kappa shape index (κ1) is 29.9. The van der Waals surface area contributed by atoms with Crippen LogP contribution in [0.4, 0.5) is 0 Å². The van der Waals surface area contributed by atoms with Gasteiger partial charge in [-0.3, -0.25) is 14.3 Å². The highest BCUT2D eigenvalue weighted by Crippen LogP contribution is 2.23. The van der Waals surface area contributed by atoms with Crippen LogP contribution in [0.25, 0.3) is 11.3 Å². The third-order valence-corrected chi connectivity index (χ3v) is 7.83. The number of Topliss-reactive ketones (excluding diaryl/α,β-unsaturated/α-hetero) is 1. The fourth-order valence-corrected chi connectivity index (χ4v) is 5.30. The summed E-state index contributed by atoms with van der Waals surface area (Å²) in [4.78, 5) is 30.4. The van der Waals surface area contributed by atoms with Gasteiger partial charge in [0.25, 0.3) is 0 Å². The van der Waals surface area contributed by atoms with Crippen LogP contribution in [0.1, 0.15) is 72.7 Å². The molecule has 2 heterocycles. The van der Waals surface area contributed by atoms with Crippen LogP contribution in [-0.2, 0) is 37.8 Å². The maximum atomic E-state index is 13.1.